The number of carbonyl (C=O) groups excluding carboxylic acids is 1. The zero-order valence-corrected chi connectivity index (χ0v) is 13.7. The van der Waals surface area contributed by atoms with E-state index in [2.05, 4.69) is 20.3 Å². The van der Waals surface area contributed by atoms with Gasteiger partial charge in [0.2, 0.25) is 5.91 Å². The van der Waals surface area contributed by atoms with Gasteiger partial charge in [0, 0.05) is 45.1 Å². The fourth-order valence-electron chi connectivity index (χ4n) is 2.89. The van der Waals surface area contributed by atoms with Gasteiger partial charge in [-0.3, -0.25) is 14.6 Å². The standard InChI is InChI=1S/C17H21N5O2/c1-21-16(23)9-15(11-20-21)22-8-2-3-14(12-22)17(24)19-10-13-4-6-18-7-5-13/h4-7,9,11,14H,2-3,8,10,12H2,1H3,(H,19,24). The number of aromatic nitrogens is 3. The predicted molar refractivity (Wildman–Crippen MR) is 90.5 cm³/mol. The van der Waals surface area contributed by atoms with E-state index in [1.807, 2.05) is 12.1 Å². The third-order valence-electron chi connectivity index (χ3n) is 4.33. The molecule has 1 N–H and O–H groups in total. The van der Waals surface area contributed by atoms with Gasteiger partial charge < -0.3 is 10.2 Å². The Morgan fingerprint density at radius 1 is 1.38 bits per heavy atom. The maximum Gasteiger partial charge on any atom is 0.268 e. The van der Waals surface area contributed by atoms with Gasteiger partial charge in [0.05, 0.1) is 17.8 Å². The molecule has 1 amide bonds. The number of hydrogen-bond acceptors (Lipinski definition) is 5. The third kappa shape index (κ3) is 3.79. The lowest BCUT2D eigenvalue weighted by atomic mass is 9.96. The van der Waals surface area contributed by atoms with Gasteiger partial charge in [-0.15, -0.1) is 0 Å². The quantitative estimate of drug-likeness (QED) is 0.894. The number of rotatable bonds is 4. The van der Waals surface area contributed by atoms with Crippen LogP contribution in [0.4, 0.5) is 5.69 Å². The summed E-state index contributed by atoms with van der Waals surface area (Å²) in [5.41, 5.74) is 1.67. The first-order chi connectivity index (χ1) is 11.6. The molecule has 2 aromatic rings. The summed E-state index contributed by atoms with van der Waals surface area (Å²) in [6, 6.07) is 5.35. The Kier molecular flexibility index (Phi) is 4.88. The van der Waals surface area contributed by atoms with Crippen molar-refractivity contribution in [2.75, 3.05) is 18.0 Å². The molecule has 2 aromatic heterocycles. The first-order valence-corrected chi connectivity index (χ1v) is 8.08. The summed E-state index contributed by atoms with van der Waals surface area (Å²) in [7, 11) is 1.62. The summed E-state index contributed by atoms with van der Waals surface area (Å²) in [4.78, 5) is 30.2. The molecule has 0 bridgehead atoms. The lowest BCUT2D eigenvalue weighted by Gasteiger charge is -2.33. The molecule has 0 radical (unpaired) electrons. The van der Waals surface area contributed by atoms with Gasteiger partial charge in [-0.05, 0) is 30.5 Å². The SMILES string of the molecule is Cn1ncc(N2CCCC(C(=O)NCc3ccncc3)C2)cc1=O. The maximum atomic E-state index is 12.4. The zero-order chi connectivity index (χ0) is 16.9. The average molecular weight is 327 g/mol. The number of pyridine rings is 1. The highest BCUT2D eigenvalue weighted by Gasteiger charge is 2.26. The summed E-state index contributed by atoms with van der Waals surface area (Å²) in [5, 5.41) is 7.04. The van der Waals surface area contributed by atoms with Gasteiger partial charge in [0.25, 0.3) is 5.56 Å². The minimum Gasteiger partial charge on any atom is -0.369 e. The molecule has 1 aliphatic rings. The second-order valence-electron chi connectivity index (χ2n) is 6.03. The average Bonchev–Trinajstić information content (AvgIpc) is 2.63. The van der Waals surface area contributed by atoms with Crippen LogP contribution in [0.25, 0.3) is 0 Å². The molecule has 3 rings (SSSR count). The molecule has 24 heavy (non-hydrogen) atoms. The molecule has 1 fully saturated rings. The minimum atomic E-state index is -0.142. The first-order valence-electron chi connectivity index (χ1n) is 8.08. The van der Waals surface area contributed by atoms with Crippen LogP contribution in [0.2, 0.25) is 0 Å². The fourth-order valence-corrected chi connectivity index (χ4v) is 2.89. The molecule has 0 saturated carbocycles. The van der Waals surface area contributed by atoms with Crippen LogP contribution in [0.3, 0.4) is 0 Å². The Hall–Kier alpha value is -2.70. The number of nitrogens with zero attached hydrogens (tertiary/aromatic N) is 4. The van der Waals surface area contributed by atoms with Crippen molar-refractivity contribution in [2.24, 2.45) is 13.0 Å². The van der Waals surface area contributed by atoms with E-state index in [4.69, 9.17) is 0 Å². The molecule has 126 valence electrons. The largest absolute Gasteiger partial charge is 0.369 e. The molecular weight excluding hydrogens is 306 g/mol. The Bertz CT molecular complexity index is 759. The number of hydrogen-bond donors (Lipinski definition) is 1. The summed E-state index contributed by atoms with van der Waals surface area (Å²) in [6.45, 7) is 1.95. The van der Waals surface area contributed by atoms with Crippen molar-refractivity contribution in [3.8, 4) is 0 Å². The second kappa shape index (κ2) is 7.25. The van der Waals surface area contributed by atoms with Crippen molar-refractivity contribution >= 4 is 11.6 Å². The van der Waals surface area contributed by atoms with Gasteiger partial charge >= 0.3 is 0 Å². The molecule has 7 heteroatoms. The van der Waals surface area contributed by atoms with Crippen LogP contribution >= 0.6 is 0 Å². The molecular formula is C17H21N5O2. The van der Waals surface area contributed by atoms with Crippen LogP contribution in [0, 0.1) is 5.92 Å². The van der Waals surface area contributed by atoms with Gasteiger partial charge in [0.15, 0.2) is 0 Å². The van der Waals surface area contributed by atoms with Gasteiger partial charge in [-0.25, -0.2) is 4.68 Å². The van der Waals surface area contributed by atoms with Crippen molar-refractivity contribution in [1.82, 2.24) is 20.1 Å². The van der Waals surface area contributed by atoms with Gasteiger partial charge in [-0.1, -0.05) is 0 Å². The monoisotopic (exact) mass is 327 g/mol. The Balaban J connectivity index is 1.61. The topological polar surface area (TPSA) is 80.1 Å². The summed E-state index contributed by atoms with van der Waals surface area (Å²) >= 11 is 0. The summed E-state index contributed by atoms with van der Waals surface area (Å²) in [6.07, 6.45) is 6.89. The van der Waals surface area contributed by atoms with Crippen molar-refractivity contribution in [1.29, 1.82) is 0 Å². The van der Waals surface area contributed by atoms with E-state index in [0.29, 0.717) is 13.1 Å². The molecule has 0 aliphatic carbocycles. The molecule has 0 spiro atoms. The number of carbonyl (C=O) groups is 1. The van der Waals surface area contributed by atoms with E-state index in [1.54, 1.807) is 31.7 Å². The van der Waals surface area contributed by atoms with E-state index in [-0.39, 0.29) is 17.4 Å². The van der Waals surface area contributed by atoms with E-state index in [9.17, 15) is 9.59 Å². The van der Waals surface area contributed by atoms with Crippen LogP contribution in [-0.4, -0.2) is 33.8 Å². The van der Waals surface area contributed by atoms with Crippen molar-refractivity contribution in [3.63, 3.8) is 0 Å². The zero-order valence-electron chi connectivity index (χ0n) is 13.7. The van der Waals surface area contributed by atoms with Crippen LogP contribution in [-0.2, 0) is 18.4 Å². The summed E-state index contributed by atoms with van der Waals surface area (Å²) < 4.78 is 1.30. The molecule has 7 nitrogen and oxygen atoms in total. The van der Waals surface area contributed by atoms with Gasteiger partial charge in [-0.2, -0.15) is 5.10 Å². The van der Waals surface area contributed by atoms with Crippen molar-refractivity contribution in [2.45, 2.75) is 19.4 Å². The lowest BCUT2D eigenvalue weighted by molar-refractivity contribution is -0.125. The Morgan fingerprint density at radius 2 is 2.17 bits per heavy atom. The maximum absolute atomic E-state index is 12.4. The van der Waals surface area contributed by atoms with Crippen LogP contribution in [0.15, 0.2) is 41.6 Å². The highest BCUT2D eigenvalue weighted by atomic mass is 16.2. The highest BCUT2D eigenvalue weighted by Crippen LogP contribution is 2.21. The first kappa shape index (κ1) is 16.2. The Morgan fingerprint density at radius 3 is 2.92 bits per heavy atom. The number of piperidine rings is 1. The van der Waals surface area contributed by atoms with E-state index >= 15 is 0 Å². The van der Waals surface area contributed by atoms with Crippen molar-refractivity contribution in [3.05, 3.63) is 52.7 Å². The molecule has 3 heterocycles. The molecule has 1 saturated heterocycles. The molecule has 1 aliphatic heterocycles. The number of anilines is 1. The van der Waals surface area contributed by atoms with Gasteiger partial charge in [0.1, 0.15) is 0 Å². The fraction of sp³-hybridized carbons (Fsp3) is 0.412. The van der Waals surface area contributed by atoms with E-state index < -0.39 is 0 Å². The number of amides is 1. The molecule has 1 unspecified atom stereocenters. The van der Waals surface area contributed by atoms with Crippen molar-refractivity contribution < 1.29 is 4.79 Å². The van der Waals surface area contributed by atoms with Crippen LogP contribution in [0.5, 0.6) is 0 Å². The number of aryl methyl sites for hydroxylation is 1. The minimum absolute atomic E-state index is 0.0494. The summed E-state index contributed by atoms with van der Waals surface area (Å²) in [5.74, 6) is -0.0297. The molecule has 1 atom stereocenters. The number of nitrogens with one attached hydrogen (secondary N) is 1. The normalized spacial score (nSPS) is 17.5. The molecule has 0 aromatic carbocycles. The highest BCUT2D eigenvalue weighted by molar-refractivity contribution is 5.79. The smallest absolute Gasteiger partial charge is 0.268 e. The van der Waals surface area contributed by atoms with Crippen LogP contribution in [0.1, 0.15) is 18.4 Å². The lowest BCUT2D eigenvalue weighted by Crippen LogP contribution is -2.43. The van der Waals surface area contributed by atoms with Crippen LogP contribution < -0.4 is 15.8 Å². The van der Waals surface area contributed by atoms with E-state index in [0.717, 1.165) is 30.6 Å². The third-order valence-corrected chi connectivity index (χ3v) is 4.33. The Labute approximate surface area is 140 Å². The second-order valence-corrected chi connectivity index (χ2v) is 6.03. The van der Waals surface area contributed by atoms with E-state index in [1.165, 1.54) is 4.68 Å². The predicted octanol–water partition coefficient (Wildman–Crippen LogP) is 0.708.